The maximum absolute atomic E-state index is 12.8. The van der Waals surface area contributed by atoms with Crippen LogP contribution in [0.25, 0.3) is 0 Å². The van der Waals surface area contributed by atoms with Crippen molar-refractivity contribution in [2.75, 3.05) is 13.1 Å². The van der Waals surface area contributed by atoms with E-state index in [0.29, 0.717) is 37.3 Å². The number of nitrogens with one attached hydrogen (secondary N) is 1. The molecule has 0 unspecified atom stereocenters. The number of hydrogen-bond acceptors (Lipinski definition) is 4. The summed E-state index contributed by atoms with van der Waals surface area (Å²) in [6.45, 7) is 6.66. The molecule has 0 spiro atoms. The predicted octanol–water partition coefficient (Wildman–Crippen LogP) is 0.772. The van der Waals surface area contributed by atoms with E-state index in [0.717, 1.165) is 11.5 Å². The zero-order chi connectivity index (χ0) is 16.6. The van der Waals surface area contributed by atoms with Crippen molar-refractivity contribution in [3.05, 3.63) is 45.7 Å². The first-order valence-electron chi connectivity index (χ1n) is 7.84. The van der Waals surface area contributed by atoms with Gasteiger partial charge in [0.2, 0.25) is 5.91 Å². The van der Waals surface area contributed by atoms with Crippen LogP contribution in [0.2, 0.25) is 0 Å². The molecule has 2 aromatic heterocycles. The standard InChI is InChI=1S/C16H21N5O2/c1-10(21-9-6-17-12(21)3)16(23)20-7-4-13-14(5-8-20)18-11(2)19-15(13)22/h6,9-10H,4-5,7-8H2,1-3H3,(H,18,19,22)/t10-/m1/s1. The molecule has 0 fully saturated rings. The number of aromatic amines is 1. The van der Waals surface area contributed by atoms with Crippen LogP contribution in [0.4, 0.5) is 0 Å². The van der Waals surface area contributed by atoms with Crippen molar-refractivity contribution < 1.29 is 4.79 Å². The number of rotatable bonds is 2. The molecule has 1 atom stereocenters. The SMILES string of the molecule is Cc1nc2c(c(=O)[nH]1)CCN(C(=O)[C@@H](C)n1ccnc1C)CC2. The van der Waals surface area contributed by atoms with E-state index in [1.54, 1.807) is 13.1 Å². The molecule has 1 aliphatic rings. The van der Waals surface area contributed by atoms with Gasteiger partial charge in [0.1, 0.15) is 17.7 Å². The van der Waals surface area contributed by atoms with Crippen LogP contribution in [-0.2, 0) is 17.6 Å². The fourth-order valence-electron chi connectivity index (χ4n) is 3.13. The number of carbonyl (C=O) groups is 1. The maximum atomic E-state index is 12.8. The summed E-state index contributed by atoms with van der Waals surface area (Å²) in [5.41, 5.74) is 1.44. The molecule has 122 valence electrons. The van der Waals surface area contributed by atoms with Crippen LogP contribution in [0, 0.1) is 13.8 Å². The third kappa shape index (κ3) is 2.91. The fourth-order valence-corrected chi connectivity index (χ4v) is 3.13. The lowest BCUT2D eigenvalue weighted by Gasteiger charge is -2.25. The number of amides is 1. The van der Waals surface area contributed by atoms with Crippen molar-refractivity contribution in [1.82, 2.24) is 24.4 Å². The Hall–Kier alpha value is -2.44. The van der Waals surface area contributed by atoms with Gasteiger partial charge in [-0.1, -0.05) is 0 Å². The van der Waals surface area contributed by atoms with Crippen LogP contribution < -0.4 is 5.56 Å². The molecule has 1 aliphatic heterocycles. The molecule has 3 rings (SSSR count). The summed E-state index contributed by atoms with van der Waals surface area (Å²) in [4.78, 5) is 38.0. The zero-order valence-corrected chi connectivity index (χ0v) is 13.7. The third-order valence-corrected chi connectivity index (χ3v) is 4.42. The maximum Gasteiger partial charge on any atom is 0.254 e. The van der Waals surface area contributed by atoms with Crippen LogP contribution in [0.3, 0.4) is 0 Å². The number of fused-ring (bicyclic) bond motifs is 1. The minimum atomic E-state index is -0.299. The van der Waals surface area contributed by atoms with Gasteiger partial charge >= 0.3 is 0 Å². The smallest absolute Gasteiger partial charge is 0.254 e. The second-order valence-electron chi connectivity index (χ2n) is 5.96. The van der Waals surface area contributed by atoms with Crippen LogP contribution >= 0.6 is 0 Å². The summed E-state index contributed by atoms with van der Waals surface area (Å²) >= 11 is 0. The van der Waals surface area contributed by atoms with Gasteiger partial charge in [-0.3, -0.25) is 9.59 Å². The monoisotopic (exact) mass is 315 g/mol. The summed E-state index contributed by atoms with van der Waals surface area (Å²) < 4.78 is 1.87. The van der Waals surface area contributed by atoms with Gasteiger partial charge in [0.05, 0.1) is 5.69 Å². The summed E-state index contributed by atoms with van der Waals surface area (Å²) in [6, 6.07) is -0.299. The quantitative estimate of drug-likeness (QED) is 0.887. The van der Waals surface area contributed by atoms with Crippen LogP contribution in [0.5, 0.6) is 0 Å². The number of aromatic nitrogens is 4. The molecule has 0 saturated carbocycles. The Morgan fingerprint density at radius 1 is 1.30 bits per heavy atom. The lowest BCUT2D eigenvalue weighted by molar-refractivity contribution is -0.134. The molecule has 0 bridgehead atoms. The van der Waals surface area contributed by atoms with E-state index >= 15 is 0 Å². The van der Waals surface area contributed by atoms with Crippen molar-refractivity contribution in [1.29, 1.82) is 0 Å². The lowest BCUT2D eigenvalue weighted by atomic mass is 10.1. The minimum absolute atomic E-state index is 0.0482. The number of hydrogen-bond donors (Lipinski definition) is 1. The normalized spacial score (nSPS) is 15.9. The van der Waals surface area contributed by atoms with Crippen LogP contribution in [0.15, 0.2) is 17.2 Å². The van der Waals surface area contributed by atoms with Gasteiger partial charge in [-0.05, 0) is 27.2 Å². The van der Waals surface area contributed by atoms with Gasteiger partial charge < -0.3 is 14.5 Å². The Kier molecular flexibility index (Phi) is 4.02. The van der Waals surface area contributed by atoms with Crippen LogP contribution in [-0.4, -0.2) is 43.4 Å². The Morgan fingerprint density at radius 3 is 2.74 bits per heavy atom. The van der Waals surface area contributed by atoms with Gasteiger partial charge in [-0.15, -0.1) is 0 Å². The summed E-state index contributed by atoms with van der Waals surface area (Å²) in [7, 11) is 0. The second kappa shape index (κ2) is 5.98. The first kappa shape index (κ1) is 15.5. The van der Waals surface area contributed by atoms with Crippen molar-refractivity contribution >= 4 is 5.91 Å². The first-order chi connectivity index (χ1) is 11.0. The highest BCUT2D eigenvalue weighted by Gasteiger charge is 2.26. The molecule has 2 aromatic rings. The zero-order valence-electron chi connectivity index (χ0n) is 13.7. The minimum Gasteiger partial charge on any atom is -0.340 e. The summed E-state index contributed by atoms with van der Waals surface area (Å²) in [5.74, 6) is 1.49. The lowest BCUT2D eigenvalue weighted by Crippen LogP contribution is -2.38. The highest BCUT2D eigenvalue weighted by atomic mass is 16.2. The fraction of sp³-hybridized carbons (Fsp3) is 0.500. The molecular weight excluding hydrogens is 294 g/mol. The molecule has 0 radical (unpaired) electrons. The van der Waals surface area contributed by atoms with E-state index in [-0.39, 0.29) is 17.5 Å². The molecule has 1 amide bonds. The average molecular weight is 315 g/mol. The van der Waals surface area contributed by atoms with Gasteiger partial charge in [0.25, 0.3) is 5.56 Å². The van der Waals surface area contributed by atoms with E-state index in [1.807, 2.05) is 29.5 Å². The number of aryl methyl sites for hydroxylation is 2. The molecular formula is C16H21N5O2. The predicted molar refractivity (Wildman–Crippen MR) is 85.3 cm³/mol. The molecule has 7 nitrogen and oxygen atoms in total. The third-order valence-electron chi connectivity index (χ3n) is 4.42. The molecule has 7 heteroatoms. The Morgan fingerprint density at radius 2 is 2.04 bits per heavy atom. The largest absolute Gasteiger partial charge is 0.340 e. The molecule has 0 saturated heterocycles. The first-order valence-corrected chi connectivity index (χ1v) is 7.84. The van der Waals surface area contributed by atoms with Crippen LogP contribution in [0.1, 0.15) is 35.9 Å². The molecule has 0 aromatic carbocycles. The second-order valence-corrected chi connectivity index (χ2v) is 5.96. The number of imidazole rings is 1. The molecule has 3 heterocycles. The Bertz CT molecular complexity index is 792. The van der Waals surface area contributed by atoms with Crippen molar-refractivity contribution in [2.45, 2.75) is 39.7 Å². The van der Waals surface area contributed by atoms with E-state index < -0.39 is 0 Å². The number of nitrogens with zero attached hydrogens (tertiary/aromatic N) is 4. The van der Waals surface area contributed by atoms with E-state index in [4.69, 9.17) is 0 Å². The Balaban J connectivity index is 1.79. The molecule has 23 heavy (non-hydrogen) atoms. The number of H-pyrrole nitrogens is 1. The van der Waals surface area contributed by atoms with Crippen molar-refractivity contribution in [3.8, 4) is 0 Å². The molecule has 0 aliphatic carbocycles. The molecule has 1 N–H and O–H groups in total. The Labute approximate surface area is 134 Å². The topological polar surface area (TPSA) is 83.9 Å². The van der Waals surface area contributed by atoms with Gasteiger partial charge in [0.15, 0.2) is 0 Å². The highest BCUT2D eigenvalue weighted by Crippen LogP contribution is 2.16. The van der Waals surface area contributed by atoms with Gasteiger partial charge in [-0.25, -0.2) is 9.97 Å². The van der Waals surface area contributed by atoms with Gasteiger partial charge in [0, 0.05) is 37.5 Å². The van der Waals surface area contributed by atoms with Gasteiger partial charge in [-0.2, -0.15) is 0 Å². The van der Waals surface area contributed by atoms with E-state index in [2.05, 4.69) is 15.0 Å². The highest BCUT2D eigenvalue weighted by molar-refractivity contribution is 5.80. The number of carbonyl (C=O) groups excluding carboxylic acids is 1. The van der Waals surface area contributed by atoms with E-state index in [1.165, 1.54) is 0 Å². The average Bonchev–Trinajstić information content (AvgIpc) is 2.81. The van der Waals surface area contributed by atoms with Crippen molar-refractivity contribution in [3.63, 3.8) is 0 Å². The van der Waals surface area contributed by atoms with Crippen molar-refractivity contribution in [2.24, 2.45) is 0 Å². The summed E-state index contributed by atoms with van der Waals surface area (Å²) in [6.07, 6.45) is 4.67. The van der Waals surface area contributed by atoms with E-state index in [9.17, 15) is 9.59 Å². The summed E-state index contributed by atoms with van der Waals surface area (Å²) in [5, 5.41) is 0.